The highest BCUT2D eigenvalue weighted by atomic mass is 16.4. The summed E-state index contributed by atoms with van der Waals surface area (Å²) in [5.74, 6) is -0.169. The summed E-state index contributed by atoms with van der Waals surface area (Å²) in [7, 11) is 0. The molecule has 1 aliphatic carbocycles. The van der Waals surface area contributed by atoms with Crippen molar-refractivity contribution in [1.29, 1.82) is 0 Å². The van der Waals surface area contributed by atoms with Crippen LogP contribution in [-0.4, -0.2) is 28.8 Å². The van der Waals surface area contributed by atoms with Crippen LogP contribution in [0.4, 0.5) is 10.5 Å². The number of carbonyl (C=O) groups excluding carboxylic acids is 1. The summed E-state index contributed by atoms with van der Waals surface area (Å²) in [5.41, 5.74) is 0.163. The minimum absolute atomic E-state index is 0.0293. The number of hydrogen-bond donors (Lipinski definition) is 4. The maximum atomic E-state index is 11.8. The van der Waals surface area contributed by atoms with Gasteiger partial charge in [-0.1, -0.05) is 13.3 Å². The number of anilines is 1. The predicted octanol–water partition coefficient (Wildman–Crippen LogP) is 2.65. The predicted molar refractivity (Wildman–Crippen MR) is 78.6 cm³/mol. The van der Waals surface area contributed by atoms with Crippen LogP contribution in [0, 0.1) is 11.8 Å². The molecule has 1 aliphatic rings. The number of aromatic carboxylic acids is 1. The summed E-state index contributed by atoms with van der Waals surface area (Å²) in [6.07, 6.45) is 3.45. The standard InChI is InChI=1S/C15H20N2O4/c1-9-2-3-10(6-9)8-16-15(21)17-12-5-4-11(14(19)20)7-13(12)18/h4-5,7,9-10,18H,2-3,6,8H2,1H3,(H,19,20)(H2,16,17,21). The zero-order chi connectivity index (χ0) is 15.4. The minimum Gasteiger partial charge on any atom is -0.506 e. The Morgan fingerprint density at radius 2 is 2.10 bits per heavy atom. The number of rotatable bonds is 4. The molecule has 1 aromatic carbocycles. The molecule has 2 rings (SSSR count). The summed E-state index contributed by atoms with van der Waals surface area (Å²) in [6.45, 7) is 2.83. The van der Waals surface area contributed by atoms with Gasteiger partial charge in [0.15, 0.2) is 0 Å². The van der Waals surface area contributed by atoms with Crippen molar-refractivity contribution < 1.29 is 19.8 Å². The SMILES string of the molecule is CC1CCC(CNC(=O)Nc2ccc(C(=O)O)cc2O)C1. The molecule has 0 saturated heterocycles. The van der Waals surface area contributed by atoms with Gasteiger partial charge in [-0.3, -0.25) is 0 Å². The van der Waals surface area contributed by atoms with Crippen molar-refractivity contribution >= 4 is 17.7 Å². The Hall–Kier alpha value is -2.24. The van der Waals surface area contributed by atoms with Crippen LogP contribution in [0.1, 0.15) is 36.5 Å². The second kappa shape index (κ2) is 6.47. The van der Waals surface area contributed by atoms with Gasteiger partial charge in [0.1, 0.15) is 5.75 Å². The van der Waals surface area contributed by atoms with E-state index < -0.39 is 12.0 Å². The van der Waals surface area contributed by atoms with Gasteiger partial charge < -0.3 is 20.8 Å². The Bertz CT molecular complexity index is 544. The second-order valence-corrected chi connectivity index (χ2v) is 5.66. The zero-order valence-corrected chi connectivity index (χ0v) is 11.9. The molecule has 21 heavy (non-hydrogen) atoms. The van der Waals surface area contributed by atoms with Crippen molar-refractivity contribution in [3.63, 3.8) is 0 Å². The van der Waals surface area contributed by atoms with Crippen LogP contribution in [0.3, 0.4) is 0 Å². The second-order valence-electron chi connectivity index (χ2n) is 5.66. The number of hydrogen-bond acceptors (Lipinski definition) is 3. The molecular weight excluding hydrogens is 272 g/mol. The number of phenols is 1. The molecule has 1 fully saturated rings. The van der Waals surface area contributed by atoms with E-state index in [1.54, 1.807) is 0 Å². The Balaban J connectivity index is 1.86. The van der Waals surface area contributed by atoms with Crippen molar-refractivity contribution in [2.45, 2.75) is 26.2 Å². The van der Waals surface area contributed by atoms with Gasteiger partial charge in [-0.05, 0) is 42.9 Å². The van der Waals surface area contributed by atoms with E-state index in [0.29, 0.717) is 18.4 Å². The lowest BCUT2D eigenvalue weighted by molar-refractivity contribution is 0.0696. The third-order valence-corrected chi connectivity index (χ3v) is 3.85. The number of carbonyl (C=O) groups is 2. The zero-order valence-electron chi connectivity index (χ0n) is 11.9. The smallest absolute Gasteiger partial charge is 0.335 e. The Morgan fingerprint density at radius 1 is 1.33 bits per heavy atom. The molecule has 2 unspecified atom stereocenters. The molecule has 4 N–H and O–H groups in total. The first-order chi connectivity index (χ1) is 9.95. The molecule has 2 amide bonds. The fourth-order valence-corrected chi connectivity index (χ4v) is 2.68. The van der Waals surface area contributed by atoms with Crippen LogP contribution in [0.2, 0.25) is 0 Å². The van der Waals surface area contributed by atoms with Crippen molar-refractivity contribution in [1.82, 2.24) is 5.32 Å². The molecule has 1 aromatic rings. The molecule has 0 heterocycles. The Labute approximate surface area is 123 Å². The van der Waals surface area contributed by atoms with E-state index in [2.05, 4.69) is 17.6 Å². The fourth-order valence-electron chi connectivity index (χ4n) is 2.68. The maximum absolute atomic E-state index is 11.8. The molecule has 2 atom stereocenters. The molecule has 6 heteroatoms. The van der Waals surface area contributed by atoms with Gasteiger partial charge in [-0.15, -0.1) is 0 Å². The summed E-state index contributed by atoms with van der Waals surface area (Å²) >= 11 is 0. The Morgan fingerprint density at radius 3 is 2.67 bits per heavy atom. The van der Waals surface area contributed by atoms with Crippen LogP contribution in [0.15, 0.2) is 18.2 Å². The maximum Gasteiger partial charge on any atom is 0.335 e. The highest BCUT2D eigenvalue weighted by molar-refractivity contribution is 5.93. The van der Waals surface area contributed by atoms with Crippen LogP contribution in [-0.2, 0) is 0 Å². The largest absolute Gasteiger partial charge is 0.506 e. The molecule has 0 bridgehead atoms. The van der Waals surface area contributed by atoms with Gasteiger partial charge in [0.2, 0.25) is 0 Å². The lowest BCUT2D eigenvalue weighted by atomic mass is 10.1. The number of benzene rings is 1. The van der Waals surface area contributed by atoms with E-state index >= 15 is 0 Å². The Kier molecular flexibility index (Phi) is 4.67. The fraction of sp³-hybridized carbons (Fsp3) is 0.467. The quantitative estimate of drug-likeness (QED) is 0.641. The van der Waals surface area contributed by atoms with E-state index in [1.165, 1.54) is 18.6 Å². The minimum atomic E-state index is -1.13. The third-order valence-electron chi connectivity index (χ3n) is 3.85. The van der Waals surface area contributed by atoms with Crippen molar-refractivity contribution in [3.05, 3.63) is 23.8 Å². The molecule has 6 nitrogen and oxygen atoms in total. The summed E-state index contributed by atoms with van der Waals surface area (Å²) in [5, 5.41) is 23.8. The third kappa shape index (κ3) is 4.11. The number of phenolic OH excluding ortho intramolecular Hbond substituents is 1. The van der Waals surface area contributed by atoms with Crippen LogP contribution in [0.5, 0.6) is 5.75 Å². The van der Waals surface area contributed by atoms with Gasteiger partial charge in [0.25, 0.3) is 0 Å². The highest BCUT2D eigenvalue weighted by Gasteiger charge is 2.21. The first-order valence-corrected chi connectivity index (χ1v) is 7.07. The molecule has 0 radical (unpaired) electrons. The molecule has 0 aliphatic heterocycles. The monoisotopic (exact) mass is 292 g/mol. The number of aromatic hydroxyl groups is 1. The lowest BCUT2D eigenvalue weighted by Crippen LogP contribution is -2.32. The van der Waals surface area contributed by atoms with E-state index in [0.717, 1.165) is 18.9 Å². The average Bonchev–Trinajstić information content (AvgIpc) is 2.84. The first kappa shape index (κ1) is 15.2. The van der Waals surface area contributed by atoms with E-state index in [1.807, 2.05) is 0 Å². The molecule has 0 aromatic heterocycles. The normalized spacial score (nSPS) is 21.0. The van der Waals surface area contributed by atoms with Crippen molar-refractivity contribution in [3.8, 4) is 5.75 Å². The topological polar surface area (TPSA) is 98.7 Å². The van der Waals surface area contributed by atoms with E-state index in [9.17, 15) is 14.7 Å². The first-order valence-electron chi connectivity index (χ1n) is 7.07. The number of amides is 2. The van der Waals surface area contributed by atoms with E-state index in [4.69, 9.17) is 5.11 Å². The summed E-state index contributed by atoms with van der Waals surface area (Å²) in [4.78, 5) is 22.5. The number of carboxylic acid groups (broad SMARTS) is 1. The number of carboxylic acids is 1. The molecule has 1 saturated carbocycles. The number of nitrogens with one attached hydrogen (secondary N) is 2. The highest BCUT2D eigenvalue weighted by Crippen LogP contribution is 2.29. The van der Waals surface area contributed by atoms with Crippen LogP contribution >= 0.6 is 0 Å². The van der Waals surface area contributed by atoms with E-state index in [-0.39, 0.29) is 17.0 Å². The molecule has 0 spiro atoms. The summed E-state index contributed by atoms with van der Waals surface area (Å²) in [6, 6.07) is 3.41. The van der Waals surface area contributed by atoms with Gasteiger partial charge in [-0.2, -0.15) is 0 Å². The van der Waals surface area contributed by atoms with Crippen molar-refractivity contribution in [2.24, 2.45) is 11.8 Å². The van der Waals surface area contributed by atoms with Gasteiger partial charge in [0, 0.05) is 6.54 Å². The van der Waals surface area contributed by atoms with Crippen LogP contribution in [0.25, 0.3) is 0 Å². The van der Waals surface area contributed by atoms with Crippen molar-refractivity contribution in [2.75, 3.05) is 11.9 Å². The lowest BCUT2D eigenvalue weighted by Gasteiger charge is -2.13. The van der Waals surface area contributed by atoms with Gasteiger partial charge in [0.05, 0.1) is 11.3 Å². The number of urea groups is 1. The summed E-state index contributed by atoms with van der Waals surface area (Å²) < 4.78 is 0. The van der Waals surface area contributed by atoms with Crippen LogP contribution < -0.4 is 10.6 Å². The van der Waals surface area contributed by atoms with Gasteiger partial charge in [-0.25, -0.2) is 9.59 Å². The average molecular weight is 292 g/mol. The van der Waals surface area contributed by atoms with Gasteiger partial charge >= 0.3 is 12.0 Å². The molecular formula is C15H20N2O4. The molecule has 114 valence electrons.